The second kappa shape index (κ2) is 8.70. The van der Waals surface area contributed by atoms with Crippen molar-refractivity contribution in [1.82, 2.24) is 24.6 Å². The van der Waals surface area contributed by atoms with Crippen LogP contribution in [0.15, 0.2) is 73.7 Å². The molecule has 0 aliphatic rings. The Morgan fingerprint density at radius 1 is 1.10 bits per heavy atom. The molecule has 0 saturated heterocycles. The van der Waals surface area contributed by atoms with E-state index in [1.807, 2.05) is 53.5 Å². The molecule has 29 heavy (non-hydrogen) atoms. The fraction of sp³-hybridized carbons (Fsp3) is 0.143. The number of benzene rings is 1. The summed E-state index contributed by atoms with van der Waals surface area (Å²) in [5, 5.41) is 5.98. The summed E-state index contributed by atoms with van der Waals surface area (Å²) in [5.41, 5.74) is 3.53. The molecule has 0 bridgehead atoms. The van der Waals surface area contributed by atoms with Crippen molar-refractivity contribution in [2.24, 2.45) is 0 Å². The van der Waals surface area contributed by atoms with E-state index in [1.54, 1.807) is 24.9 Å². The summed E-state index contributed by atoms with van der Waals surface area (Å²) >= 11 is 6.07. The van der Waals surface area contributed by atoms with Crippen molar-refractivity contribution in [3.63, 3.8) is 0 Å². The smallest absolute Gasteiger partial charge is 0.227 e. The molecular weight excluding hydrogens is 386 g/mol. The van der Waals surface area contributed by atoms with Crippen molar-refractivity contribution in [2.75, 3.05) is 16.9 Å². The summed E-state index contributed by atoms with van der Waals surface area (Å²) in [7, 11) is 0. The van der Waals surface area contributed by atoms with E-state index in [-0.39, 0.29) is 0 Å². The topological polar surface area (TPSA) is 71.8 Å². The number of rotatable bonds is 7. The molecule has 0 saturated carbocycles. The average Bonchev–Trinajstić information content (AvgIpc) is 3.27. The molecule has 3 aromatic heterocycles. The predicted octanol–water partition coefficient (Wildman–Crippen LogP) is 4.81. The lowest BCUT2D eigenvalue weighted by Gasteiger charge is -2.26. The Labute approximate surface area is 174 Å². The van der Waals surface area contributed by atoms with Gasteiger partial charge in [-0.2, -0.15) is 0 Å². The molecule has 0 amide bonds. The number of pyridine rings is 1. The standard InChI is InChI=1S/C21H20ClN7/c1-2-11-29(28-12-10-24-15-28)20-14-23-8-6-18(20)19-7-9-25-21(27-19)26-17-5-3-4-16(22)13-17/h3-10,12-15H,2,11H2,1H3,(H,25,26,27). The van der Waals surface area contributed by atoms with Gasteiger partial charge in [0.25, 0.3) is 0 Å². The van der Waals surface area contributed by atoms with Gasteiger partial charge in [0.1, 0.15) is 6.33 Å². The third kappa shape index (κ3) is 4.35. The van der Waals surface area contributed by atoms with E-state index in [9.17, 15) is 0 Å². The summed E-state index contributed by atoms with van der Waals surface area (Å²) in [4.78, 5) is 17.6. The third-order valence-electron chi connectivity index (χ3n) is 4.30. The molecule has 8 heteroatoms. The average molecular weight is 406 g/mol. The van der Waals surface area contributed by atoms with Gasteiger partial charge in [0.2, 0.25) is 5.95 Å². The minimum absolute atomic E-state index is 0.497. The van der Waals surface area contributed by atoms with Gasteiger partial charge < -0.3 is 5.32 Å². The van der Waals surface area contributed by atoms with Crippen LogP contribution in [0, 0.1) is 0 Å². The number of hydrogen-bond acceptors (Lipinski definition) is 6. The van der Waals surface area contributed by atoms with Gasteiger partial charge in [0.15, 0.2) is 0 Å². The van der Waals surface area contributed by atoms with E-state index < -0.39 is 0 Å². The molecule has 7 nitrogen and oxygen atoms in total. The SMILES string of the molecule is CCCN(c1cnccc1-c1ccnc(Nc2cccc(Cl)c2)n1)n1ccnc1. The zero-order chi connectivity index (χ0) is 20.1. The lowest BCUT2D eigenvalue weighted by Crippen LogP contribution is -2.29. The van der Waals surface area contributed by atoms with Crippen LogP contribution in [0.2, 0.25) is 5.02 Å². The van der Waals surface area contributed by atoms with E-state index in [4.69, 9.17) is 16.6 Å². The first-order valence-corrected chi connectivity index (χ1v) is 9.68. The van der Waals surface area contributed by atoms with Crippen LogP contribution in [0.5, 0.6) is 0 Å². The molecule has 0 aliphatic carbocycles. The molecule has 0 unspecified atom stereocenters. The molecule has 4 rings (SSSR count). The van der Waals surface area contributed by atoms with Gasteiger partial charge >= 0.3 is 0 Å². The van der Waals surface area contributed by atoms with Crippen LogP contribution in [0.4, 0.5) is 17.3 Å². The maximum atomic E-state index is 6.07. The highest BCUT2D eigenvalue weighted by Gasteiger charge is 2.15. The first-order valence-electron chi connectivity index (χ1n) is 9.30. The maximum absolute atomic E-state index is 6.07. The Morgan fingerprint density at radius 2 is 2.03 bits per heavy atom. The van der Waals surface area contributed by atoms with Gasteiger partial charge in [-0.1, -0.05) is 24.6 Å². The lowest BCUT2D eigenvalue weighted by atomic mass is 10.1. The van der Waals surface area contributed by atoms with Crippen LogP contribution in [0.3, 0.4) is 0 Å². The molecule has 1 N–H and O–H groups in total. The van der Waals surface area contributed by atoms with Gasteiger partial charge in [-0.15, -0.1) is 0 Å². The zero-order valence-corrected chi connectivity index (χ0v) is 16.7. The van der Waals surface area contributed by atoms with Gasteiger partial charge in [-0.3, -0.25) is 9.99 Å². The second-order valence-electron chi connectivity index (χ2n) is 6.36. The Balaban J connectivity index is 1.70. The predicted molar refractivity (Wildman–Crippen MR) is 115 cm³/mol. The summed E-state index contributed by atoms with van der Waals surface area (Å²) in [6, 6.07) is 11.3. The highest BCUT2D eigenvalue weighted by atomic mass is 35.5. The van der Waals surface area contributed by atoms with Crippen molar-refractivity contribution < 1.29 is 0 Å². The highest BCUT2D eigenvalue weighted by Crippen LogP contribution is 2.30. The summed E-state index contributed by atoms with van der Waals surface area (Å²) < 4.78 is 1.95. The monoisotopic (exact) mass is 405 g/mol. The third-order valence-corrected chi connectivity index (χ3v) is 4.53. The van der Waals surface area contributed by atoms with Crippen LogP contribution < -0.4 is 10.3 Å². The molecular formula is C21H20ClN7. The number of hydrogen-bond donors (Lipinski definition) is 1. The molecule has 0 aliphatic heterocycles. The molecule has 0 atom stereocenters. The van der Waals surface area contributed by atoms with Crippen LogP contribution in [0.1, 0.15) is 13.3 Å². The lowest BCUT2D eigenvalue weighted by molar-refractivity contribution is 0.674. The minimum Gasteiger partial charge on any atom is -0.324 e. The van der Waals surface area contributed by atoms with E-state index in [1.165, 1.54) is 0 Å². The van der Waals surface area contributed by atoms with Gasteiger partial charge in [0, 0.05) is 47.6 Å². The quantitative estimate of drug-likeness (QED) is 0.475. The molecule has 1 aromatic carbocycles. The Hall–Kier alpha value is -3.45. The normalized spacial score (nSPS) is 10.7. The minimum atomic E-state index is 0.497. The number of aromatic nitrogens is 5. The number of imidazole rings is 1. The Morgan fingerprint density at radius 3 is 2.83 bits per heavy atom. The fourth-order valence-corrected chi connectivity index (χ4v) is 3.23. The largest absolute Gasteiger partial charge is 0.324 e. The second-order valence-corrected chi connectivity index (χ2v) is 6.80. The first-order chi connectivity index (χ1) is 14.2. The van der Waals surface area contributed by atoms with Crippen molar-refractivity contribution in [3.05, 3.63) is 78.7 Å². The zero-order valence-electron chi connectivity index (χ0n) is 15.9. The van der Waals surface area contributed by atoms with E-state index >= 15 is 0 Å². The number of nitrogens with one attached hydrogen (secondary N) is 1. The fourth-order valence-electron chi connectivity index (χ4n) is 3.04. The summed E-state index contributed by atoms with van der Waals surface area (Å²) in [6.45, 7) is 2.95. The number of nitrogens with zero attached hydrogens (tertiary/aromatic N) is 6. The molecule has 146 valence electrons. The maximum Gasteiger partial charge on any atom is 0.227 e. The van der Waals surface area contributed by atoms with Crippen molar-refractivity contribution >= 4 is 28.9 Å². The summed E-state index contributed by atoms with van der Waals surface area (Å²) in [6.07, 6.45) is 11.8. The van der Waals surface area contributed by atoms with E-state index in [0.717, 1.165) is 35.6 Å². The molecule has 0 fully saturated rings. The number of anilines is 3. The number of halogens is 1. The molecule has 4 aromatic rings. The summed E-state index contributed by atoms with van der Waals surface area (Å²) in [5.74, 6) is 0.497. The van der Waals surface area contributed by atoms with Crippen molar-refractivity contribution in [1.29, 1.82) is 0 Å². The first kappa shape index (κ1) is 18.9. The molecule has 3 heterocycles. The van der Waals surface area contributed by atoms with E-state index in [2.05, 4.69) is 32.2 Å². The van der Waals surface area contributed by atoms with Crippen LogP contribution in [-0.2, 0) is 0 Å². The van der Waals surface area contributed by atoms with Gasteiger partial charge in [-0.25, -0.2) is 19.6 Å². The van der Waals surface area contributed by atoms with Gasteiger partial charge in [-0.05, 0) is 36.8 Å². The Kier molecular flexibility index (Phi) is 5.67. The molecule has 0 radical (unpaired) electrons. The Bertz CT molecular complexity index is 1080. The van der Waals surface area contributed by atoms with Crippen LogP contribution in [-0.4, -0.2) is 31.2 Å². The van der Waals surface area contributed by atoms with Crippen molar-refractivity contribution in [2.45, 2.75) is 13.3 Å². The van der Waals surface area contributed by atoms with Crippen molar-refractivity contribution in [3.8, 4) is 11.3 Å². The van der Waals surface area contributed by atoms with Crippen LogP contribution in [0.25, 0.3) is 11.3 Å². The van der Waals surface area contributed by atoms with Gasteiger partial charge in [0.05, 0.1) is 17.6 Å². The highest BCUT2D eigenvalue weighted by molar-refractivity contribution is 6.30. The molecule has 0 spiro atoms. The van der Waals surface area contributed by atoms with E-state index in [0.29, 0.717) is 11.0 Å². The van der Waals surface area contributed by atoms with Crippen LogP contribution >= 0.6 is 11.6 Å².